The van der Waals surface area contributed by atoms with Gasteiger partial charge in [0, 0.05) is 0 Å². The van der Waals surface area contributed by atoms with Crippen LogP contribution in [0.5, 0.6) is 0 Å². The van der Waals surface area contributed by atoms with Gasteiger partial charge in [-0.3, -0.25) is 0 Å². The molecule has 0 unspecified atom stereocenters. The van der Waals surface area contributed by atoms with Crippen molar-refractivity contribution in [2.45, 2.75) is 13.8 Å². The van der Waals surface area contributed by atoms with E-state index in [2.05, 4.69) is 0 Å². The molecule has 0 bridgehead atoms. The molecule has 0 aliphatic rings. The molecule has 62 valence electrons. The van der Waals surface area contributed by atoms with Crippen LogP contribution in [0.3, 0.4) is 0 Å². The van der Waals surface area contributed by atoms with Crippen molar-refractivity contribution in [2.24, 2.45) is 0 Å². The summed E-state index contributed by atoms with van der Waals surface area (Å²) in [5.41, 5.74) is 0. The summed E-state index contributed by atoms with van der Waals surface area (Å²) in [6.07, 6.45) is 0. The molecule has 0 spiro atoms. The monoisotopic (exact) mass is 262 g/mol. The molecule has 0 saturated carbocycles. The molecule has 0 amide bonds. The Balaban J connectivity index is -0.000000405. The zero-order chi connectivity index (χ0) is 8.20. The predicted molar refractivity (Wildman–Crippen MR) is 40.0 cm³/mol. The Morgan fingerprint density at radius 1 is 1.25 bits per heavy atom. The van der Waals surface area contributed by atoms with Crippen molar-refractivity contribution in [3.8, 4) is 0 Å². The van der Waals surface area contributed by atoms with Gasteiger partial charge < -0.3 is 9.11 Å². The van der Waals surface area contributed by atoms with E-state index in [-0.39, 0.29) is 103 Å². The maximum atomic E-state index is 10.1. The van der Waals surface area contributed by atoms with E-state index < -0.39 is 9.05 Å². The zero-order valence-electron chi connectivity index (χ0n) is 7.90. The Morgan fingerprint density at radius 3 is 1.67 bits per heavy atom. The molecule has 4 nitrogen and oxygen atoms in total. The van der Waals surface area contributed by atoms with E-state index in [0.717, 1.165) is 0 Å². The van der Waals surface area contributed by atoms with Gasteiger partial charge in [0.2, 0.25) is 0 Å². The standard InChI is InChI=1S/C4H11NO3S2.2K/c1-3-5(4-2)9-10(6,7)8;;/h3-4H2,1-2H3,(H-,6,7,8);;/q;2*+1/p-1. The first-order valence-corrected chi connectivity index (χ1v) is 5.59. The van der Waals surface area contributed by atoms with Crippen LogP contribution in [0.25, 0.3) is 0 Å². The van der Waals surface area contributed by atoms with Crippen molar-refractivity contribution in [3.63, 3.8) is 0 Å². The summed E-state index contributed by atoms with van der Waals surface area (Å²) >= 11 is 0. The van der Waals surface area contributed by atoms with Crippen LogP contribution < -0.4 is 103 Å². The summed E-state index contributed by atoms with van der Waals surface area (Å²) in [6, 6.07) is 0. The van der Waals surface area contributed by atoms with Crippen molar-refractivity contribution in [1.29, 1.82) is 0 Å². The zero-order valence-corrected chi connectivity index (χ0v) is 15.8. The minimum absolute atomic E-state index is 0. The molecule has 0 heterocycles. The van der Waals surface area contributed by atoms with Gasteiger partial charge in [0.15, 0.2) is 0 Å². The summed E-state index contributed by atoms with van der Waals surface area (Å²) in [5, 5.41) is 0. The predicted octanol–water partition coefficient (Wildman–Crippen LogP) is -6.21. The van der Waals surface area contributed by atoms with Crippen LogP contribution in [0, 0.1) is 0 Å². The first-order valence-electron chi connectivity index (χ1n) is 2.90. The van der Waals surface area contributed by atoms with Crippen LogP contribution in [0.4, 0.5) is 0 Å². The Morgan fingerprint density at radius 2 is 1.58 bits per heavy atom. The largest absolute Gasteiger partial charge is 1.00 e. The molecular weight excluding hydrogens is 252 g/mol. The van der Waals surface area contributed by atoms with Gasteiger partial charge in [-0.1, -0.05) is 4.31 Å². The molecule has 0 fully saturated rings. The summed E-state index contributed by atoms with van der Waals surface area (Å²) in [5.74, 6) is 0. The van der Waals surface area contributed by atoms with Crippen LogP contribution in [-0.4, -0.2) is 30.7 Å². The number of hydrogen-bond donors (Lipinski definition) is 0. The third-order valence-electron chi connectivity index (χ3n) is 0.902. The fraction of sp³-hybridized carbons (Fsp3) is 1.00. The minimum Gasteiger partial charge on any atom is -0.744 e. The smallest absolute Gasteiger partial charge is 0.744 e. The average Bonchev–Trinajstić information content (AvgIpc) is 1.81. The van der Waals surface area contributed by atoms with Gasteiger partial charge in [-0.2, -0.15) is 0 Å². The average molecular weight is 262 g/mol. The molecule has 0 aromatic heterocycles. The number of rotatable bonds is 3. The summed E-state index contributed by atoms with van der Waals surface area (Å²) in [7, 11) is -3.80. The normalized spacial score (nSPS) is 10.1. The Kier molecular flexibility index (Phi) is 19.2. The van der Waals surface area contributed by atoms with E-state index in [9.17, 15) is 13.3 Å². The van der Waals surface area contributed by atoms with Crippen LogP contribution >= 0.6 is 0 Å². The summed E-state index contributed by atoms with van der Waals surface area (Å²) in [6.45, 7) is 4.70. The molecule has 0 rings (SSSR count). The molecule has 0 saturated heterocycles. The number of nitrogens with zero attached hydrogens (tertiary/aromatic N) is 1. The molecule has 12 heavy (non-hydrogen) atoms. The van der Waals surface area contributed by atoms with Gasteiger partial charge in [-0.25, -0.2) is 4.21 Å². The quantitative estimate of drug-likeness (QED) is 0.288. The van der Waals surface area contributed by atoms with E-state index >= 15 is 0 Å². The van der Waals surface area contributed by atoms with E-state index in [4.69, 9.17) is 0 Å². The van der Waals surface area contributed by atoms with Crippen molar-refractivity contribution >= 4 is 19.6 Å². The molecule has 0 atom stereocenters. The van der Waals surface area contributed by atoms with Gasteiger partial charge in [-0.15, -0.1) is 0 Å². The minimum atomic E-state index is -4.15. The Labute approximate surface area is 163 Å². The van der Waals surface area contributed by atoms with Crippen molar-refractivity contribution in [1.82, 2.24) is 4.31 Å². The third kappa shape index (κ3) is 13.5. The Bertz CT molecular complexity index is 192. The molecule has 0 aromatic rings. The van der Waals surface area contributed by atoms with Crippen molar-refractivity contribution in [2.75, 3.05) is 13.1 Å². The molecule has 0 radical (unpaired) electrons. The summed E-state index contributed by atoms with van der Waals surface area (Å²) < 4.78 is 31.9. The molecule has 0 aliphatic carbocycles. The van der Waals surface area contributed by atoms with Crippen LogP contribution in [0.15, 0.2) is 0 Å². The van der Waals surface area contributed by atoms with E-state index in [1.807, 2.05) is 0 Å². The fourth-order valence-electron chi connectivity index (χ4n) is 0.458. The second kappa shape index (κ2) is 11.0. The van der Waals surface area contributed by atoms with Crippen molar-refractivity contribution < 1.29 is 116 Å². The van der Waals surface area contributed by atoms with Crippen LogP contribution in [0.2, 0.25) is 0 Å². The molecular formula is C4H10K2NO3S2+. The van der Waals surface area contributed by atoms with E-state index in [0.29, 0.717) is 23.6 Å². The molecule has 0 aromatic carbocycles. The first-order chi connectivity index (χ1) is 4.49. The van der Waals surface area contributed by atoms with Gasteiger partial charge >= 0.3 is 113 Å². The van der Waals surface area contributed by atoms with E-state index in [1.165, 1.54) is 4.31 Å². The van der Waals surface area contributed by atoms with Gasteiger partial charge in [0.05, 0.1) is 22.1 Å². The van der Waals surface area contributed by atoms with Crippen LogP contribution in [-0.2, 0) is 19.6 Å². The maximum Gasteiger partial charge on any atom is 1.00 e. The maximum absolute atomic E-state index is 10.1. The molecule has 0 aliphatic heterocycles. The van der Waals surface area contributed by atoms with E-state index in [1.54, 1.807) is 13.8 Å². The van der Waals surface area contributed by atoms with Gasteiger partial charge in [-0.05, 0) is 13.8 Å². The van der Waals surface area contributed by atoms with Crippen molar-refractivity contribution in [3.05, 3.63) is 0 Å². The van der Waals surface area contributed by atoms with Gasteiger partial charge in [0.25, 0.3) is 0 Å². The third-order valence-corrected chi connectivity index (χ3v) is 2.99. The topological polar surface area (TPSA) is 66.4 Å². The van der Waals surface area contributed by atoms with Crippen LogP contribution in [0.1, 0.15) is 13.8 Å². The summed E-state index contributed by atoms with van der Waals surface area (Å²) in [4.78, 5) is 0. The first kappa shape index (κ1) is 20.9. The van der Waals surface area contributed by atoms with Gasteiger partial charge in [0.1, 0.15) is 0 Å². The SMILES string of the molecule is CCN(CC)[S+]=S(=O)([O-])[O-].[K+].[K+]. The second-order valence-corrected chi connectivity index (χ2v) is 4.75. The number of hydrogen-bond acceptors (Lipinski definition) is 3. The molecule has 0 N–H and O–H groups in total. The Hall–Kier alpha value is 3.52. The second-order valence-electron chi connectivity index (χ2n) is 1.60. The molecule has 8 heteroatoms. The fourth-order valence-corrected chi connectivity index (χ4v) is 2.33.